The lowest BCUT2D eigenvalue weighted by Crippen LogP contribution is -2.49. The molecule has 8 nitrogen and oxygen atoms in total. The number of nitrogens with zero attached hydrogens (tertiary/aromatic N) is 5. The Morgan fingerprint density at radius 1 is 1.08 bits per heavy atom. The molecule has 1 fully saturated rings. The maximum Gasteiger partial charge on any atom is 0.355 e. The number of hydrogen-bond donors (Lipinski definition) is 1. The van der Waals surface area contributed by atoms with Crippen LogP contribution in [0.25, 0.3) is 28.0 Å². The van der Waals surface area contributed by atoms with Crippen LogP contribution in [0, 0.1) is 19.7 Å². The molecule has 194 valence electrons. The summed E-state index contributed by atoms with van der Waals surface area (Å²) in [6.07, 6.45) is 1.28. The van der Waals surface area contributed by atoms with E-state index in [1.807, 2.05) is 36.9 Å². The number of phenolic OH excluding ortho intramolecular Hbond substituents is 1. The van der Waals surface area contributed by atoms with Crippen LogP contribution in [-0.2, 0) is 4.79 Å². The first-order chi connectivity index (χ1) is 18.2. The van der Waals surface area contributed by atoms with Crippen molar-refractivity contribution in [2.45, 2.75) is 13.8 Å². The van der Waals surface area contributed by atoms with E-state index in [0.717, 1.165) is 11.1 Å². The van der Waals surface area contributed by atoms with E-state index in [2.05, 4.69) is 16.5 Å². The first kappa shape index (κ1) is 25.4. The second-order valence-electron chi connectivity index (χ2n) is 9.13. The summed E-state index contributed by atoms with van der Waals surface area (Å²) in [5.41, 5.74) is 1.78. The third-order valence-electron chi connectivity index (χ3n) is 6.76. The number of anilines is 1. The maximum atomic E-state index is 14.9. The zero-order chi connectivity index (χ0) is 27.1. The molecule has 0 bridgehead atoms. The minimum absolute atomic E-state index is 0.00713. The van der Waals surface area contributed by atoms with Gasteiger partial charge in [0.25, 0.3) is 0 Å². The summed E-state index contributed by atoms with van der Waals surface area (Å²) in [5, 5.41) is 11.0. The highest BCUT2D eigenvalue weighted by Crippen LogP contribution is 2.38. The number of fused-ring (bicyclic) bond motifs is 1. The molecule has 0 radical (unpaired) electrons. The lowest BCUT2D eigenvalue weighted by molar-refractivity contribution is -0.126. The Kier molecular flexibility index (Phi) is 6.62. The van der Waals surface area contributed by atoms with Crippen LogP contribution in [0.3, 0.4) is 0 Å². The van der Waals surface area contributed by atoms with Crippen molar-refractivity contribution in [3.8, 4) is 22.7 Å². The first-order valence-corrected chi connectivity index (χ1v) is 12.4. The molecule has 1 N–H and O–H groups in total. The number of carbonyl (C=O) groups excluding carboxylic acids is 1. The second kappa shape index (κ2) is 9.90. The van der Waals surface area contributed by atoms with Crippen LogP contribution < -0.4 is 10.6 Å². The average Bonchev–Trinajstić information content (AvgIpc) is 2.89. The molecule has 1 aliphatic rings. The summed E-state index contributed by atoms with van der Waals surface area (Å²) >= 11 is 6.64. The number of aromatic nitrogens is 3. The van der Waals surface area contributed by atoms with E-state index < -0.39 is 11.5 Å². The van der Waals surface area contributed by atoms with Crippen LogP contribution in [-0.4, -0.2) is 56.6 Å². The number of carbonyl (C=O) groups is 1. The Balaban J connectivity index is 1.78. The lowest BCUT2D eigenvalue weighted by Gasteiger charge is -2.35. The van der Waals surface area contributed by atoms with Crippen molar-refractivity contribution in [2.24, 2.45) is 0 Å². The summed E-state index contributed by atoms with van der Waals surface area (Å²) in [7, 11) is 0. The smallest absolute Gasteiger partial charge is 0.355 e. The first-order valence-electron chi connectivity index (χ1n) is 12.0. The largest absolute Gasteiger partial charge is 0.507 e. The zero-order valence-corrected chi connectivity index (χ0v) is 21.7. The van der Waals surface area contributed by atoms with Crippen LogP contribution in [0.4, 0.5) is 10.2 Å². The van der Waals surface area contributed by atoms with Crippen LogP contribution in [0.2, 0.25) is 5.02 Å². The van der Waals surface area contributed by atoms with Crippen molar-refractivity contribution in [1.29, 1.82) is 0 Å². The molecule has 3 heterocycles. The van der Waals surface area contributed by atoms with E-state index in [0.29, 0.717) is 43.1 Å². The number of halogens is 2. The second-order valence-corrected chi connectivity index (χ2v) is 9.54. The molecule has 0 saturated carbocycles. The topological polar surface area (TPSA) is 91.6 Å². The third-order valence-corrected chi connectivity index (χ3v) is 7.05. The Morgan fingerprint density at radius 2 is 1.74 bits per heavy atom. The van der Waals surface area contributed by atoms with Gasteiger partial charge in [0.2, 0.25) is 5.91 Å². The standard InChI is InChI=1S/C28H25ClFN5O3/c1-4-22(37)33-11-13-34(14-12-33)26-18-15-19(29)24(23-20(30)9-6-10-21(23)36)31-27(18)35(28(38)32-26)25-16(2)7-5-8-17(25)3/h4-10,15,36H,1,11-14H2,2-3H3. The Morgan fingerprint density at radius 3 is 2.37 bits per heavy atom. The van der Waals surface area contributed by atoms with Crippen molar-refractivity contribution < 1.29 is 14.3 Å². The van der Waals surface area contributed by atoms with Gasteiger partial charge in [0.1, 0.15) is 17.4 Å². The maximum absolute atomic E-state index is 14.9. The zero-order valence-electron chi connectivity index (χ0n) is 20.9. The molecule has 1 saturated heterocycles. The predicted molar refractivity (Wildman–Crippen MR) is 146 cm³/mol. The van der Waals surface area contributed by atoms with E-state index >= 15 is 0 Å². The lowest BCUT2D eigenvalue weighted by atomic mass is 10.1. The van der Waals surface area contributed by atoms with Gasteiger partial charge in [-0.05, 0) is 49.2 Å². The fraction of sp³-hybridized carbons (Fsp3) is 0.214. The van der Waals surface area contributed by atoms with Gasteiger partial charge in [-0.3, -0.25) is 4.79 Å². The van der Waals surface area contributed by atoms with Gasteiger partial charge < -0.3 is 14.9 Å². The molecular formula is C28H25ClFN5O3. The summed E-state index contributed by atoms with van der Waals surface area (Å²) in [6.45, 7) is 9.02. The highest BCUT2D eigenvalue weighted by atomic mass is 35.5. The highest BCUT2D eigenvalue weighted by molar-refractivity contribution is 6.34. The van der Waals surface area contributed by atoms with Crippen molar-refractivity contribution in [3.63, 3.8) is 0 Å². The number of hydrogen-bond acceptors (Lipinski definition) is 6. The Labute approximate surface area is 223 Å². The molecular weight excluding hydrogens is 509 g/mol. The number of phenols is 1. The predicted octanol–water partition coefficient (Wildman–Crippen LogP) is 4.40. The average molecular weight is 534 g/mol. The van der Waals surface area contributed by atoms with Gasteiger partial charge in [0.15, 0.2) is 5.65 Å². The molecule has 1 amide bonds. The van der Waals surface area contributed by atoms with Crippen LogP contribution in [0.5, 0.6) is 5.75 Å². The summed E-state index contributed by atoms with van der Waals surface area (Å²) in [5.74, 6) is -0.808. The Bertz CT molecular complexity index is 1620. The van der Waals surface area contributed by atoms with E-state index in [4.69, 9.17) is 11.6 Å². The van der Waals surface area contributed by atoms with E-state index in [9.17, 15) is 19.1 Å². The summed E-state index contributed by atoms with van der Waals surface area (Å²) in [4.78, 5) is 38.4. The number of piperazine rings is 1. The fourth-order valence-corrected chi connectivity index (χ4v) is 5.14. The monoisotopic (exact) mass is 533 g/mol. The highest BCUT2D eigenvalue weighted by Gasteiger charge is 2.26. The fourth-order valence-electron chi connectivity index (χ4n) is 4.90. The van der Waals surface area contributed by atoms with E-state index in [1.165, 1.54) is 28.8 Å². The summed E-state index contributed by atoms with van der Waals surface area (Å²) in [6, 6.07) is 11.2. The minimum atomic E-state index is -0.697. The quantitative estimate of drug-likeness (QED) is 0.391. The van der Waals surface area contributed by atoms with Crippen LogP contribution in [0.1, 0.15) is 11.1 Å². The van der Waals surface area contributed by atoms with Crippen molar-refractivity contribution in [3.05, 3.63) is 87.6 Å². The van der Waals surface area contributed by atoms with Crippen LogP contribution in [0.15, 0.2) is 59.9 Å². The molecule has 0 atom stereocenters. The number of pyridine rings is 1. The molecule has 2 aromatic carbocycles. The molecule has 0 spiro atoms. The van der Waals surface area contributed by atoms with Gasteiger partial charge >= 0.3 is 5.69 Å². The number of amides is 1. The van der Waals surface area contributed by atoms with Gasteiger partial charge in [-0.15, -0.1) is 0 Å². The van der Waals surface area contributed by atoms with Gasteiger partial charge in [0.05, 0.1) is 27.4 Å². The number of aryl methyl sites for hydroxylation is 2. The SMILES string of the molecule is C=CC(=O)N1CCN(c2nc(=O)n(-c3c(C)cccc3C)c3nc(-c4c(O)cccc4F)c(Cl)cc23)CC1. The minimum Gasteiger partial charge on any atom is -0.507 e. The normalized spacial score (nSPS) is 13.7. The number of para-hydroxylation sites is 1. The molecule has 5 rings (SSSR count). The van der Waals surface area contributed by atoms with E-state index in [1.54, 1.807) is 11.0 Å². The Hall–Kier alpha value is -4.24. The van der Waals surface area contributed by atoms with Crippen molar-refractivity contribution in [1.82, 2.24) is 19.4 Å². The van der Waals surface area contributed by atoms with Crippen molar-refractivity contribution >= 4 is 34.4 Å². The van der Waals surface area contributed by atoms with Gasteiger partial charge in [0, 0.05) is 26.2 Å². The molecule has 2 aromatic heterocycles. The molecule has 4 aromatic rings. The molecule has 0 aliphatic carbocycles. The van der Waals surface area contributed by atoms with Crippen LogP contribution >= 0.6 is 11.6 Å². The number of benzene rings is 2. The summed E-state index contributed by atoms with van der Waals surface area (Å²) < 4.78 is 16.3. The van der Waals surface area contributed by atoms with Crippen molar-refractivity contribution in [2.75, 3.05) is 31.1 Å². The molecule has 0 unspecified atom stereocenters. The molecule has 10 heteroatoms. The number of aromatic hydroxyl groups is 1. The molecule has 38 heavy (non-hydrogen) atoms. The third kappa shape index (κ3) is 4.28. The van der Waals surface area contributed by atoms with Gasteiger partial charge in [-0.25, -0.2) is 18.7 Å². The van der Waals surface area contributed by atoms with E-state index in [-0.39, 0.29) is 33.6 Å². The van der Waals surface area contributed by atoms with Gasteiger partial charge in [-0.2, -0.15) is 4.98 Å². The molecule has 1 aliphatic heterocycles. The van der Waals surface area contributed by atoms with Gasteiger partial charge in [-0.1, -0.05) is 42.4 Å². The number of rotatable bonds is 4.